The fourth-order valence-electron chi connectivity index (χ4n) is 3.02. The molecular formula is C25H22N4O3S. The lowest BCUT2D eigenvalue weighted by atomic mass is 10.1. The number of hydrogen-bond acceptors (Lipinski definition) is 6. The number of aryl methyl sites for hydroxylation is 2. The molecule has 2 N–H and O–H groups in total. The molecular weight excluding hydrogens is 436 g/mol. The van der Waals surface area contributed by atoms with Crippen LogP contribution in [0, 0.1) is 13.8 Å². The van der Waals surface area contributed by atoms with Crippen LogP contribution in [0.2, 0.25) is 0 Å². The molecule has 1 heterocycles. The first kappa shape index (κ1) is 22.3. The number of amides is 2. The molecule has 4 rings (SSSR count). The zero-order valence-electron chi connectivity index (χ0n) is 18.2. The molecule has 8 heteroatoms. The Hall–Kier alpha value is -3.91. The molecule has 0 saturated heterocycles. The lowest BCUT2D eigenvalue weighted by molar-refractivity contribution is -0.113. The fourth-order valence-corrected chi connectivity index (χ4v) is 3.59. The Morgan fingerprint density at radius 3 is 2.42 bits per heavy atom. The quantitative estimate of drug-likeness (QED) is 0.363. The topological polar surface area (TPSA) is 97.1 Å². The molecule has 0 fully saturated rings. The van der Waals surface area contributed by atoms with Gasteiger partial charge in [0.1, 0.15) is 0 Å². The number of carbonyl (C=O) groups excluding carboxylic acids is 2. The molecule has 1 aromatic heterocycles. The molecule has 0 unspecified atom stereocenters. The van der Waals surface area contributed by atoms with Gasteiger partial charge in [0.05, 0.1) is 5.75 Å². The van der Waals surface area contributed by atoms with Crippen LogP contribution in [0.4, 0.5) is 11.4 Å². The van der Waals surface area contributed by atoms with Crippen molar-refractivity contribution in [3.05, 3.63) is 89.5 Å². The predicted molar refractivity (Wildman–Crippen MR) is 129 cm³/mol. The number of anilines is 2. The Labute approximate surface area is 195 Å². The second kappa shape index (κ2) is 10.1. The first-order chi connectivity index (χ1) is 16.0. The molecule has 0 saturated carbocycles. The second-order valence-corrected chi connectivity index (χ2v) is 8.35. The molecule has 7 nitrogen and oxygen atoms in total. The molecule has 166 valence electrons. The molecule has 0 aliphatic heterocycles. The van der Waals surface area contributed by atoms with E-state index in [1.165, 1.54) is 0 Å². The summed E-state index contributed by atoms with van der Waals surface area (Å²) >= 11 is 1.16. The van der Waals surface area contributed by atoms with Crippen LogP contribution in [0.25, 0.3) is 11.5 Å². The van der Waals surface area contributed by atoms with Gasteiger partial charge < -0.3 is 15.1 Å². The number of thioether (sulfide) groups is 1. The van der Waals surface area contributed by atoms with E-state index in [1.807, 2.05) is 62.4 Å². The Kier molecular flexibility index (Phi) is 6.85. The van der Waals surface area contributed by atoms with Crippen LogP contribution in [-0.2, 0) is 4.79 Å². The van der Waals surface area contributed by atoms with Crippen molar-refractivity contribution in [2.45, 2.75) is 19.1 Å². The SMILES string of the molecule is Cc1ccc(-c2nnc(SCC(=O)Nc3ccc(C)c(NC(=O)c4ccccc4)c3)o2)cc1. The highest BCUT2D eigenvalue weighted by molar-refractivity contribution is 7.99. The Balaban J connectivity index is 1.34. The first-order valence-corrected chi connectivity index (χ1v) is 11.3. The van der Waals surface area contributed by atoms with E-state index in [1.54, 1.807) is 24.3 Å². The minimum atomic E-state index is -0.223. The lowest BCUT2D eigenvalue weighted by Gasteiger charge is -2.11. The minimum absolute atomic E-state index is 0.106. The standard InChI is InChI=1S/C25H22N4O3S/c1-16-8-11-19(12-9-16)24-28-29-25(32-24)33-15-22(30)26-20-13-10-17(2)21(14-20)27-23(31)18-6-4-3-5-7-18/h3-14H,15H2,1-2H3,(H,26,30)(H,27,31). The van der Waals surface area contributed by atoms with Crippen LogP contribution < -0.4 is 10.6 Å². The molecule has 2 amide bonds. The van der Waals surface area contributed by atoms with Crippen LogP contribution >= 0.6 is 11.8 Å². The normalized spacial score (nSPS) is 10.6. The van der Waals surface area contributed by atoms with E-state index in [2.05, 4.69) is 20.8 Å². The average Bonchev–Trinajstić information content (AvgIpc) is 3.30. The van der Waals surface area contributed by atoms with E-state index >= 15 is 0 Å². The van der Waals surface area contributed by atoms with Crippen LogP contribution in [-0.4, -0.2) is 27.8 Å². The van der Waals surface area contributed by atoms with Gasteiger partial charge in [0.2, 0.25) is 11.8 Å². The average molecular weight is 459 g/mol. The molecule has 0 radical (unpaired) electrons. The summed E-state index contributed by atoms with van der Waals surface area (Å²) in [7, 11) is 0. The van der Waals surface area contributed by atoms with Gasteiger partial charge in [0.25, 0.3) is 11.1 Å². The van der Waals surface area contributed by atoms with E-state index in [4.69, 9.17) is 4.42 Å². The summed E-state index contributed by atoms with van der Waals surface area (Å²) in [6.45, 7) is 3.90. The number of hydrogen-bond donors (Lipinski definition) is 2. The number of aromatic nitrogens is 2. The van der Waals surface area contributed by atoms with Crippen LogP contribution in [0.3, 0.4) is 0 Å². The van der Waals surface area contributed by atoms with Crippen LogP contribution in [0.15, 0.2) is 82.4 Å². The molecule has 0 aliphatic carbocycles. The summed E-state index contributed by atoms with van der Waals surface area (Å²) in [5.74, 6) is 0.0859. The van der Waals surface area contributed by atoms with Crippen LogP contribution in [0.5, 0.6) is 0 Å². The molecule has 0 atom stereocenters. The monoisotopic (exact) mass is 458 g/mol. The van der Waals surface area contributed by atoms with E-state index in [0.717, 1.165) is 28.5 Å². The van der Waals surface area contributed by atoms with Crippen molar-refractivity contribution in [3.63, 3.8) is 0 Å². The van der Waals surface area contributed by atoms with Crippen molar-refractivity contribution in [1.82, 2.24) is 10.2 Å². The maximum Gasteiger partial charge on any atom is 0.277 e. The number of nitrogens with zero attached hydrogens (tertiary/aromatic N) is 2. The molecule has 4 aromatic rings. The fraction of sp³-hybridized carbons (Fsp3) is 0.120. The highest BCUT2D eigenvalue weighted by Crippen LogP contribution is 2.24. The summed E-state index contributed by atoms with van der Waals surface area (Å²) in [4.78, 5) is 24.9. The van der Waals surface area contributed by atoms with Crippen molar-refractivity contribution in [2.24, 2.45) is 0 Å². The predicted octanol–water partition coefficient (Wildman–Crippen LogP) is 5.34. The maximum atomic E-state index is 12.5. The number of carbonyl (C=O) groups is 2. The third-order valence-corrected chi connectivity index (χ3v) is 5.66. The summed E-state index contributed by atoms with van der Waals surface area (Å²) in [6.07, 6.45) is 0. The van der Waals surface area contributed by atoms with Crippen molar-refractivity contribution in [2.75, 3.05) is 16.4 Å². The molecule has 3 aromatic carbocycles. The van der Waals surface area contributed by atoms with E-state index in [-0.39, 0.29) is 17.6 Å². The molecule has 0 aliphatic rings. The van der Waals surface area contributed by atoms with Gasteiger partial charge in [0.15, 0.2) is 0 Å². The summed E-state index contributed by atoms with van der Waals surface area (Å²) < 4.78 is 5.64. The minimum Gasteiger partial charge on any atom is -0.411 e. The number of rotatable bonds is 7. The van der Waals surface area contributed by atoms with Crippen molar-refractivity contribution < 1.29 is 14.0 Å². The lowest BCUT2D eigenvalue weighted by Crippen LogP contribution is -2.15. The summed E-state index contributed by atoms with van der Waals surface area (Å²) in [6, 6.07) is 22.1. The van der Waals surface area contributed by atoms with E-state index in [0.29, 0.717) is 28.1 Å². The first-order valence-electron chi connectivity index (χ1n) is 10.3. The second-order valence-electron chi connectivity index (χ2n) is 7.43. The largest absolute Gasteiger partial charge is 0.411 e. The smallest absolute Gasteiger partial charge is 0.277 e. The third kappa shape index (κ3) is 5.87. The van der Waals surface area contributed by atoms with Gasteiger partial charge in [-0.25, -0.2) is 0 Å². The van der Waals surface area contributed by atoms with Gasteiger partial charge in [0, 0.05) is 22.5 Å². The summed E-state index contributed by atoms with van der Waals surface area (Å²) in [5, 5.41) is 14.1. The van der Waals surface area contributed by atoms with Crippen molar-refractivity contribution >= 4 is 35.0 Å². The van der Waals surface area contributed by atoms with Gasteiger partial charge >= 0.3 is 0 Å². The van der Waals surface area contributed by atoms with Crippen molar-refractivity contribution in [1.29, 1.82) is 0 Å². The van der Waals surface area contributed by atoms with Gasteiger partial charge in [-0.2, -0.15) is 0 Å². The third-order valence-electron chi connectivity index (χ3n) is 4.84. The number of benzene rings is 3. The highest BCUT2D eigenvalue weighted by Gasteiger charge is 2.13. The zero-order valence-corrected chi connectivity index (χ0v) is 19.0. The van der Waals surface area contributed by atoms with Gasteiger partial charge in [-0.15, -0.1) is 10.2 Å². The zero-order chi connectivity index (χ0) is 23.2. The molecule has 33 heavy (non-hydrogen) atoms. The Bertz CT molecular complexity index is 1270. The molecule has 0 spiro atoms. The van der Waals surface area contributed by atoms with Gasteiger partial charge in [-0.1, -0.05) is 53.7 Å². The van der Waals surface area contributed by atoms with Gasteiger partial charge in [-0.05, 0) is 55.8 Å². The van der Waals surface area contributed by atoms with E-state index in [9.17, 15) is 9.59 Å². The maximum absolute atomic E-state index is 12.5. The highest BCUT2D eigenvalue weighted by atomic mass is 32.2. The Morgan fingerprint density at radius 2 is 1.67 bits per heavy atom. The Morgan fingerprint density at radius 1 is 0.909 bits per heavy atom. The van der Waals surface area contributed by atoms with Crippen molar-refractivity contribution in [3.8, 4) is 11.5 Å². The van der Waals surface area contributed by atoms with E-state index < -0.39 is 0 Å². The van der Waals surface area contributed by atoms with Gasteiger partial charge in [-0.3, -0.25) is 9.59 Å². The summed E-state index contributed by atoms with van der Waals surface area (Å²) in [5.41, 5.74) is 4.64. The molecule has 0 bridgehead atoms. The van der Waals surface area contributed by atoms with Crippen LogP contribution in [0.1, 0.15) is 21.5 Å². The number of nitrogens with one attached hydrogen (secondary N) is 2.